The lowest BCUT2D eigenvalue weighted by molar-refractivity contribution is 0.371. The second-order valence-electron chi connectivity index (χ2n) is 7.32. The third-order valence-corrected chi connectivity index (χ3v) is 6.56. The number of rotatable bonds is 3. The van der Waals surface area contributed by atoms with Crippen molar-refractivity contribution in [3.63, 3.8) is 0 Å². The highest BCUT2D eigenvalue weighted by molar-refractivity contribution is 7.91. The minimum absolute atomic E-state index is 0.111. The van der Waals surface area contributed by atoms with Gasteiger partial charge in [0.05, 0.1) is 11.5 Å². The predicted molar refractivity (Wildman–Crippen MR) is 97.8 cm³/mol. The highest BCUT2D eigenvalue weighted by Gasteiger charge is 2.28. The molecule has 3 rings (SSSR count). The summed E-state index contributed by atoms with van der Waals surface area (Å²) in [5.74, 6) is 1.26. The van der Waals surface area contributed by atoms with E-state index < -0.39 is 9.84 Å². The van der Waals surface area contributed by atoms with E-state index in [1.54, 1.807) is 6.07 Å². The zero-order valence-electron chi connectivity index (χ0n) is 14.8. The SMILES string of the molecule is CC(C)NC(=NCC1CCS(=O)(=O)C1)N1CCc2cc(F)ccc2C1. The Kier molecular flexibility index (Phi) is 5.32. The number of sulfone groups is 1. The van der Waals surface area contributed by atoms with Crippen molar-refractivity contribution in [1.82, 2.24) is 10.2 Å². The van der Waals surface area contributed by atoms with E-state index in [0.717, 1.165) is 30.1 Å². The highest BCUT2D eigenvalue weighted by Crippen LogP contribution is 2.21. The summed E-state index contributed by atoms with van der Waals surface area (Å²) >= 11 is 0. The van der Waals surface area contributed by atoms with Crippen LogP contribution in [0.4, 0.5) is 4.39 Å². The van der Waals surface area contributed by atoms with Crippen LogP contribution in [0.25, 0.3) is 0 Å². The van der Waals surface area contributed by atoms with Crippen molar-refractivity contribution < 1.29 is 12.8 Å². The third-order valence-electron chi connectivity index (χ3n) is 4.72. The van der Waals surface area contributed by atoms with E-state index >= 15 is 0 Å². The molecule has 2 aliphatic heterocycles. The molecule has 1 N–H and O–H groups in total. The van der Waals surface area contributed by atoms with Crippen molar-refractivity contribution in [3.05, 3.63) is 35.1 Å². The average molecular weight is 367 g/mol. The van der Waals surface area contributed by atoms with E-state index in [4.69, 9.17) is 4.99 Å². The second kappa shape index (κ2) is 7.32. The van der Waals surface area contributed by atoms with Gasteiger partial charge in [-0.05, 0) is 55.9 Å². The van der Waals surface area contributed by atoms with Crippen LogP contribution >= 0.6 is 0 Å². The largest absolute Gasteiger partial charge is 0.354 e. The van der Waals surface area contributed by atoms with Crippen LogP contribution in [-0.2, 0) is 22.8 Å². The molecule has 2 heterocycles. The fraction of sp³-hybridized carbons (Fsp3) is 0.611. The summed E-state index contributed by atoms with van der Waals surface area (Å²) in [6.45, 7) is 6.11. The number of nitrogens with zero attached hydrogens (tertiary/aromatic N) is 2. The normalized spacial score (nSPS) is 23.0. The Hall–Kier alpha value is -1.63. The van der Waals surface area contributed by atoms with Gasteiger partial charge < -0.3 is 10.2 Å². The van der Waals surface area contributed by atoms with Crippen molar-refractivity contribution in [1.29, 1.82) is 0 Å². The molecule has 1 unspecified atom stereocenters. The van der Waals surface area contributed by atoms with Gasteiger partial charge in [-0.1, -0.05) is 6.07 Å². The molecular weight excluding hydrogens is 341 g/mol. The Morgan fingerprint density at radius 3 is 2.88 bits per heavy atom. The van der Waals surface area contributed by atoms with Crippen LogP contribution in [-0.4, -0.2) is 49.9 Å². The van der Waals surface area contributed by atoms with E-state index in [1.165, 1.54) is 6.07 Å². The maximum atomic E-state index is 13.4. The molecule has 7 heteroatoms. The van der Waals surface area contributed by atoms with E-state index in [2.05, 4.69) is 24.1 Å². The van der Waals surface area contributed by atoms with Crippen LogP contribution in [0.15, 0.2) is 23.2 Å². The first-order valence-corrected chi connectivity index (χ1v) is 10.7. The van der Waals surface area contributed by atoms with Crippen molar-refractivity contribution in [2.75, 3.05) is 24.6 Å². The molecule has 138 valence electrons. The fourth-order valence-corrected chi connectivity index (χ4v) is 5.28. The Morgan fingerprint density at radius 2 is 2.20 bits per heavy atom. The van der Waals surface area contributed by atoms with Gasteiger partial charge in [-0.2, -0.15) is 0 Å². The number of hydrogen-bond acceptors (Lipinski definition) is 3. The monoisotopic (exact) mass is 367 g/mol. The maximum Gasteiger partial charge on any atom is 0.194 e. The molecule has 2 aliphatic rings. The van der Waals surface area contributed by atoms with Gasteiger partial charge in [-0.15, -0.1) is 0 Å². The Morgan fingerprint density at radius 1 is 1.40 bits per heavy atom. The topological polar surface area (TPSA) is 61.8 Å². The predicted octanol–water partition coefficient (Wildman–Crippen LogP) is 1.97. The van der Waals surface area contributed by atoms with Gasteiger partial charge in [-0.3, -0.25) is 4.99 Å². The third kappa shape index (κ3) is 4.71. The van der Waals surface area contributed by atoms with Gasteiger partial charge in [-0.25, -0.2) is 12.8 Å². The molecule has 1 atom stereocenters. The molecule has 1 aromatic rings. The number of fused-ring (bicyclic) bond motifs is 1. The smallest absolute Gasteiger partial charge is 0.194 e. The summed E-state index contributed by atoms with van der Waals surface area (Å²) in [7, 11) is -2.87. The lowest BCUT2D eigenvalue weighted by Gasteiger charge is -2.33. The van der Waals surface area contributed by atoms with Gasteiger partial charge in [0, 0.05) is 25.7 Å². The summed E-state index contributed by atoms with van der Waals surface area (Å²) in [5, 5.41) is 3.39. The van der Waals surface area contributed by atoms with E-state index in [9.17, 15) is 12.8 Å². The van der Waals surface area contributed by atoms with Crippen molar-refractivity contribution >= 4 is 15.8 Å². The number of halogens is 1. The van der Waals surface area contributed by atoms with Gasteiger partial charge in [0.1, 0.15) is 5.82 Å². The molecular formula is C18H26FN3O2S. The molecule has 25 heavy (non-hydrogen) atoms. The number of hydrogen-bond donors (Lipinski definition) is 1. The highest BCUT2D eigenvalue weighted by atomic mass is 32.2. The molecule has 0 bridgehead atoms. The standard InChI is InChI=1S/C18H26FN3O2S/c1-13(2)21-18(20-10-14-6-8-25(23,24)12-14)22-7-5-15-9-17(19)4-3-16(15)11-22/h3-4,9,13-14H,5-8,10-12H2,1-2H3,(H,20,21). The summed E-state index contributed by atoms with van der Waals surface area (Å²) in [4.78, 5) is 6.89. The van der Waals surface area contributed by atoms with Crippen LogP contribution < -0.4 is 5.32 Å². The first kappa shape index (κ1) is 18.2. The summed E-state index contributed by atoms with van der Waals surface area (Å²) in [6, 6.07) is 5.19. The number of aliphatic imine (C=N–C) groups is 1. The van der Waals surface area contributed by atoms with E-state index in [-0.39, 0.29) is 29.3 Å². The number of benzene rings is 1. The van der Waals surface area contributed by atoms with Gasteiger partial charge in [0.25, 0.3) is 0 Å². The molecule has 5 nitrogen and oxygen atoms in total. The van der Waals surface area contributed by atoms with Crippen LogP contribution in [0.2, 0.25) is 0 Å². The first-order chi connectivity index (χ1) is 11.8. The summed E-state index contributed by atoms with van der Waals surface area (Å²) in [5.41, 5.74) is 2.18. The molecule has 1 saturated heterocycles. The quantitative estimate of drug-likeness (QED) is 0.655. The molecule has 0 amide bonds. The fourth-order valence-electron chi connectivity index (χ4n) is 3.43. The van der Waals surface area contributed by atoms with Crippen LogP contribution in [0.5, 0.6) is 0 Å². The summed E-state index contributed by atoms with van der Waals surface area (Å²) < 4.78 is 36.6. The molecule has 0 aliphatic carbocycles. The van der Waals surface area contributed by atoms with Gasteiger partial charge in [0.2, 0.25) is 0 Å². The minimum atomic E-state index is -2.87. The Labute approximate surface area is 149 Å². The lowest BCUT2D eigenvalue weighted by Crippen LogP contribution is -2.46. The van der Waals surface area contributed by atoms with Crippen molar-refractivity contribution in [2.45, 2.75) is 39.3 Å². The van der Waals surface area contributed by atoms with Crippen molar-refractivity contribution in [2.24, 2.45) is 10.9 Å². The lowest BCUT2D eigenvalue weighted by atomic mass is 10.00. The number of nitrogens with one attached hydrogen (secondary N) is 1. The minimum Gasteiger partial charge on any atom is -0.354 e. The van der Waals surface area contributed by atoms with E-state index in [1.807, 2.05) is 6.07 Å². The molecule has 1 fully saturated rings. The molecule has 0 spiro atoms. The van der Waals surface area contributed by atoms with Crippen LogP contribution in [0, 0.1) is 11.7 Å². The first-order valence-electron chi connectivity index (χ1n) is 8.86. The zero-order valence-corrected chi connectivity index (χ0v) is 15.7. The number of guanidine groups is 1. The Balaban J connectivity index is 1.72. The molecule has 0 saturated carbocycles. The van der Waals surface area contributed by atoms with Crippen LogP contribution in [0.3, 0.4) is 0 Å². The van der Waals surface area contributed by atoms with Crippen molar-refractivity contribution in [3.8, 4) is 0 Å². The van der Waals surface area contributed by atoms with Gasteiger partial charge in [0.15, 0.2) is 15.8 Å². The average Bonchev–Trinajstić information content (AvgIpc) is 2.89. The van der Waals surface area contributed by atoms with Crippen LogP contribution in [0.1, 0.15) is 31.4 Å². The Bertz CT molecular complexity index is 762. The van der Waals surface area contributed by atoms with E-state index in [0.29, 0.717) is 19.5 Å². The molecule has 1 aromatic carbocycles. The van der Waals surface area contributed by atoms with Gasteiger partial charge >= 0.3 is 0 Å². The summed E-state index contributed by atoms with van der Waals surface area (Å²) in [6.07, 6.45) is 1.48. The molecule has 0 aromatic heterocycles. The second-order valence-corrected chi connectivity index (χ2v) is 9.55. The zero-order chi connectivity index (χ0) is 18.0. The maximum absolute atomic E-state index is 13.4. The molecule has 0 radical (unpaired) electrons.